The fourth-order valence-electron chi connectivity index (χ4n) is 0.657. The van der Waals surface area contributed by atoms with Gasteiger partial charge in [0, 0.05) is 5.03 Å². The van der Waals surface area contributed by atoms with Gasteiger partial charge in [0.1, 0.15) is 5.82 Å². The number of hydrogen-bond acceptors (Lipinski definition) is 0. The normalized spacial score (nSPS) is 9.40. The van der Waals surface area contributed by atoms with Crippen molar-refractivity contribution in [1.29, 1.82) is 0 Å². The summed E-state index contributed by atoms with van der Waals surface area (Å²) in [6.45, 7) is 3.47. The molecule has 0 aliphatic heterocycles. The molecule has 52 valence electrons. The van der Waals surface area contributed by atoms with Crippen LogP contribution >= 0.6 is 11.6 Å². The van der Waals surface area contributed by atoms with Gasteiger partial charge in [0.25, 0.3) is 0 Å². The average Bonchev–Trinajstić information content (AvgIpc) is 1.88. The number of hydrogen-bond donors (Lipinski definition) is 0. The Balaban J connectivity index is 3.07. The molecule has 2 heteroatoms. The highest BCUT2D eigenvalue weighted by Crippen LogP contribution is 2.16. The molecule has 0 aliphatic carbocycles. The van der Waals surface area contributed by atoms with Crippen LogP contribution in [0.4, 0.5) is 4.39 Å². The molecule has 1 rings (SSSR count). The van der Waals surface area contributed by atoms with Crippen LogP contribution in [-0.4, -0.2) is 0 Å². The van der Waals surface area contributed by atoms with E-state index in [4.69, 9.17) is 11.6 Å². The van der Waals surface area contributed by atoms with Gasteiger partial charge in [-0.2, -0.15) is 0 Å². The van der Waals surface area contributed by atoms with Crippen molar-refractivity contribution in [2.75, 3.05) is 0 Å². The molecule has 0 aromatic heterocycles. The van der Waals surface area contributed by atoms with Crippen LogP contribution in [0.2, 0.25) is 0 Å². The minimum Gasteiger partial charge on any atom is -0.207 e. The van der Waals surface area contributed by atoms with Crippen molar-refractivity contribution in [3.05, 3.63) is 42.2 Å². The van der Waals surface area contributed by atoms with Crippen LogP contribution in [0.3, 0.4) is 0 Å². The Bertz CT molecular complexity index is 255. The zero-order chi connectivity index (χ0) is 7.56. The molecule has 1 aromatic rings. The van der Waals surface area contributed by atoms with Gasteiger partial charge in [0.15, 0.2) is 0 Å². The Labute approximate surface area is 63.9 Å². The largest absolute Gasteiger partial charge is 0.207 e. The monoisotopic (exact) mass is 156 g/mol. The third-order valence-corrected chi connectivity index (χ3v) is 1.36. The smallest absolute Gasteiger partial charge is 0.123 e. The van der Waals surface area contributed by atoms with Gasteiger partial charge in [-0.1, -0.05) is 30.3 Å². The lowest BCUT2D eigenvalue weighted by Gasteiger charge is -1.94. The van der Waals surface area contributed by atoms with Crippen LogP contribution in [0.25, 0.3) is 5.03 Å². The number of halogens is 2. The number of benzene rings is 1. The second-order valence-electron chi connectivity index (χ2n) is 1.92. The van der Waals surface area contributed by atoms with Crippen molar-refractivity contribution >= 4 is 16.6 Å². The lowest BCUT2D eigenvalue weighted by molar-refractivity contribution is 0.627. The first-order valence-corrected chi connectivity index (χ1v) is 3.18. The number of rotatable bonds is 1. The second-order valence-corrected chi connectivity index (χ2v) is 2.37. The predicted molar refractivity (Wildman–Crippen MR) is 41.3 cm³/mol. The molecule has 0 unspecified atom stereocenters. The second kappa shape index (κ2) is 2.84. The topological polar surface area (TPSA) is 0 Å². The summed E-state index contributed by atoms with van der Waals surface area (Å²) in [7, 11) is 0. The molecule has 0 nitrogen and oxygen atoms in total. The van der Waals surface area contributed by atoms with Crippen molar-refractivity contribution < 1.29 is 4.39 Å². The van der Waals surface area contributed by atoms with E-state index in [1.54, 1.807) is 12.1 Å². The van der Waals surface area contributed by atoms with Crippen molar-refractivity contribution in [1.82, 2.24) is 0 Å². The quantitative estimate of drug-likeness (QED) is 0.586. The third kappa shape index (κ3) is 1.58. The van der Waals surface area contributed by atoms with E-state index < -0.39 is 0 Å². The predicted octanol–water partition coefficient (Wildman–Crippen LogP) is 3.04. The van der Waals surface area contributed by atoms with Gasteiger partial charge in [-0.05, 0) is 17.7 Å². The lowest BCUT2D eigenvalue weighted by Crippen LogP contribution is -1.77. The average molecular weight is 157 g/mol. The molecule has 0 amide bonds. The highest BCUT2D eigenvalue weighted by Gasteiger charge is 1.94. The van der Waals surface area contributed by atoms with E-state index in [9.17, 15) is 4.39 Å². The molecule has 0 fully saturated rings. The molecule has 0 atom stereocenters. The van der Waals surface area contributed by atoms with Crippen molar-refractivity contribution in [2.45, 2.75) is 0 Å². The Morgan fingerprint density at radius 1 is 1.50 bits per heavy atom. The summed E-state index contributed by atoms with van der Waals surface area (Å²) in [4.78, 5) is 0. The molecule has 1 aromatic carbocycles. The summed E-state index contributed by atoms with van der Waals surface area (Å²) in [5.41, 5.74) is 0.627. The molecule has 0 N–H and O–H groups in total. The van der Waals surface area contributed by atoms with Gasteiger partial charge in [-0.25, -0.2) is 4.39 Å². The molecule has 0 spiro atoms. The van der Waals surface area contributed by atoms with Crippen LogP contribution in [0.15, 0.2) is 30.8 Å². The first kappa shape index (κ1) is 7.29. The fraction of sp³-hybridized carbons (Fsp3) is 0. The highest BCUT2D eigenvalue weighted by atomic mass is 35.5. The van der Waals surface area contributed by atoms with E-state index in [2.05, 4.69) is 6.58 Å². The minimum absolute atomic E-state index is 0.292. The van der Waals surface area contributed by atoms with Crippen LogP contribution in [0, 0.1) is 5.82 Å². The summed E-state index contributed by atoms with van der Waals surface area (Å²) < 4.78 is 12.4. The van der Waals surface area contributed by atoms with Gasteiger partial charge in [-0.3, -0.25) is 0 Å². The van der Waals surface area contributed by atoms with Gasteiger partial charge in [0.2, 0.25) is 0 Å². The molecule has 0 saturated heterocycles. The Morgan fingerprint density at radius 2 is 2.20 bits per heavy atom. The van der Waals surface area contributed by atoms with E-state index in [1.165, 1.54) is 12.1 Å². The molecule has 0 heterocycles. The Kier molecular flexibility index (Phi) is 2.07. The van der Waals surface area contributed by atoms with Crippen LogP contribution in [0.5, 0.6) is 0 Å². The molecule has 0 saturated carbocycles. The first-order valence-electron chi connectivity index (χ1n) is 2.80. The van der Waals surface area contributed by atoms with Crippen LogP contribution in [0.1, 0.15) is 5.56 Å². The van der Waals surface area contributed by atoms with E-state index >= 15 is 0 Å². The van der Waals surface area contributed by atoms with Crippen LogP contribution in [-0.2, 0) is 0 Å². The van der Waals surface area contributed by atoms with E-state index in [0.717, 1.165) is 0 Å². The summed E-state index contributed by atoms with van der Waals surface area (Å²) in [6, 6.07) is 6.01. The Hall–Kier alpha value is -0.820. The summed E-state index contributed by atoms with van der Waals surface area (Å²) in [5.74, 6) is -0.292. The maximum atomic E-state index is 12.4. The van der Waals surface area contributed by atoms with Crippen molar-refractivity contribution in [2.24, 2.45) is 0 Å². The molecule has 0 radical (unpaired) electrons. The minimum atomic E-state index is -0.292. The standard InChI is InChI=1S/C8H6ClF/c1-6(9)7-3-2-4-8(10)5-7/h2-5H,1H2. The fourth-order valence-corrected chi connectivity index (χ4v) is 0.775. The molecular weight excluding hydrogens is 151 g/mol. The highest BCUT2D eigenvalue weighted by molar-refractivity contribution is 6.48. The van der Waals surface area contributed by atoms with Crippen molar-refractivity contribution in [3.8, 4) is 0 Å². The van der Waals surface area contributed by atoms with Gasteiger partial charge >= 0.3 is 0 Å². The van der Waals surface area contributed by atoms with E-state index in [0.29, 0.717) is 10.6 Å². The Morgan fingerprint density at radius 3 is 2.60 bits per heavy atom. The summed E-state index contributed by atoms with van der Waals surface area (Å²) in [5, 5.41) is 0.361. The van der Waals surface area contributed by atoms with E-state index in [1.807, 2.05) is 0 Å². The molecule has 0 bridgehead atoms. The molecule has 0 aliphatic rings. The maximum absolute atomic E-state index is 12.4. The van der Waals surface area contributed by atoms with Crippen LogP contribution < -0.4 is 0 Å². The zero-order valence-corrected chi connectivity index (χ0v) is 6.03. The summed E-state index contributed by atoms with van der Waals surface area (Å²) >= 11 is 5.51. The SMILES string of the molecule is C=C(Cl)c1cccc(F)c1. The first-order chi connectivity index (χ1) is 4.70. The lowest BCUT2D eigenvalue weighted by atomic mass is 10.2. The van der Waals surface area contributed by atoms with Gasteiger partial charge in [-0.15, -0.1) is 0 Å². The van der Waals surface area contributed by atoms with Gasteiger partial charge < -0.3 is 0 Å². The molecular formula is C8H6ClF. The molecule has 10 heavy (non-hydrogen) atoms. The zero-order valence-electron chi connectivity index (χ0n) is 5.27. The van der Waals surface area contributed by atoms with Gasteiger partial charge in [0.05, 0.1) is 0 Å². The van der Waals surface area contributed by atoms with Crippen molar-refractivity contribution in [3.63, 3.8) is 0 Å². The summed E-state index contributed by atoms with van der Waals surface area (Å²) in [6.07, 6.45) is 0. The van der Waals surface area contributed by atoms with E-state index in [-0.39, 0.29) is 5.82 Å². The third-order valence-electron chi connectivity index (χ3n) is 1.14. The maximum Gasteiger partial charge on any atom is 0.123 e.